The van der Waals surface area contributed by atoms with Gasteiger partial charge in [0.2, 0.25) is 0 Å². The molecule has 0 unspecified atom stereocenters. The summed E-state index contributed by atoms with van der Waals surface area (Å²) in [5, 5.41) is 10.8. The first-order valence-corrected chi connectivity index (χ1v) is 12.9. The Labute approximate surface area is 180 Å². The van der Waals surface area contributed by atoms with Crippen LogP contribution in [0.3, 0.4) is 0 Å². The number of hydrogen-bond donors (Lipinski definition) is 1. The minimum Gasteiger partial charge on any atom is -0.393 e. The van der Waals surface area contributed by atoms with E-state index in [1.54, 1.807) is 0 Å². The molecule has 29 heavy (non-hydrogen) atoms. The first-order valence-electron chi connectivity index (χ1n) is 12.9. The van der Waals surface area contributed by atoms with E-state index in [0.717, 1.165) is 18.3 Å². The van der Waals surface area contributed by atoms with E-state index in [0.29, 0.717) is 27.6 Å². The van der Waals surface area contributed by atoms with Crippen LogP contribution in [-0.2, 0) is 0 Å². The fraction of sp³-hybridized carbons (Fsp3) is 0.929. The Morgan fingerprint density at radius 1 is 0.793 bits per heavy atom. The fourth-order valence-corrected chi connectivity index (χ4v) is 10.3. The van der Waals surface area contributed by atoms with Gasteiger partial charge in [0.05, 0.1) is 6.10 Å². The van der Waals surface area contributed by atoms with Crippen LogP contribution in [0.5, 0.6) is 0 Å². The van der Waals surface area contributed by atoms with Crippen LogP contribution in [0.4, 0.5) is 0 Å². The average Bonchev–Trinajstić information content (AvgIpc) is 2.66. The van der Waals surface area contributed by atoms with Crippen molar-refractivity contribution < 1.29 is 5.11 Å². The molecule has 1 nitrogen and oxygen atoms in total. The van der Waals surface area contributed by atoms with Crippen molar-refractivity contribution in [2.24, 2.45) is 44.8 Å². The Balaban J connectivity index is 1.57. The maximum absolute atomic E-state index is 10.8. The van der Waals surface area contributed by atoms with Crippen molar-refractivity contribution in [3.63, 3.8) is 0 Å². The molecule has 4 fully saturated rings. The second-order valence-corrected chi connectivity index (χ2v) is 13.6. The Kier molecular flexibility index (Phi) is 4.36. The molecule has 0 aromatic heterocycles. The molecule has 5 aliphatic carbocycles. The quantitative estimate of drug-likeness (QED) is 0.418. The summed E-state index contributed by atoms with van der Waals surface area (Å²) in [6.45, 7) is 15.4. The predicted octanol–water partition coefficient (Wildman–Crippen LogP) is 7.53. The first-order chi connectivity index (χ1) is 13.5. The third-order valence-electron chi connectivity index (χ3n) is 12.4. The zero-order valence-corrected chi connectivity index (χ0v) is 20.1. The lowest BCUT2D eigenvalue weighted by molar-refractivity contribution is -0.201. The topological polar surface area (TPSA) is 20.2 Å². The molecule has 1 N–H and O–H groups in total. The SMILES string of the molecule is CC1(C)[C@@H](O)CC[C@]2(C)[C@H]3CC=C4[C@@H]5CCCC[C@]5(C)CC[C@@]4(C)[C@]3(C)CC[C@@H]12. The van der Waals surface area contributed by atoms with Gasteiger partial charge in [-0.25, -0.2) is 0 Å². The summed E-state index contributed by atoms with van der Waals surface area (Å²) >= 11 is 0. The Hall–Kier alpha value is -0.300. The van der Waals surface area contributed by atoms with Crippen molar-refractivity contribution in [2.75, 3.05) is 0 Å². The zero-order chi connectivity index (χ0) is 20.9. The maximum Gasteiger partial charge on any atom is 0.0594 e. The van der Waals surface area contributed by atoms with Crippen LogP contribution in [0.25, 0.3) is 0 Å². The number of allylic oxidation sites excluding steroid dienone is 2. The molecule has 0 heterocycles. The van der Waals surface area contributed by atoms with Gasteiger partial charge >= 0.3 is 0 Å². The molecule has 1 heteroatoms. The summed E-state index contributed by atoms with van der Waals surface area (Å²) in [7, 11) is 0. The molecule has 164 valence electrons. The molecular formula is C28H46O. The van der Waals surface area contributed by atoms with Crippen molar-refractivity contribution in [3.8, 4) is 0 Å². The molecule has 5 aliphatic rings. The largest absolute Gasteiger partial charge is 0.393 e. The van der Waals surface area contributed by atoms with Gasteiger partial charge in [0.25, 0.3) is 0 Å². The van der Waals surface area contributed by atoms with Gasteiger partial charge in [-0.2, -0.15) is 0 Å². The van der Waals surface area contributed by atoms with Gasteiger partial charge in [-0.05, 0) is 103 Å². The third-order valence-corrected chi connectivity index (χ3v) is 12.4. The molecule has 0 amide bonds. The van der Waals surface area contributed by atoms with Gasteiger partial charge in [-0.1, -0.05) is 66.0 Å². The van der Waals surface area contributed by atoms with E-state index in [-0.39, 0.29) is 11.5 Å². The highest BCUT2D eigenvalue weighted by molar-refractivity contribution is 5.33. The minimum absolute atomic E-state index is 0.0632. The molecule has 0 saturated heterocycles. The first kappa shape index (κ1) is 20.6. The van der Waals surface area contributed by atoms with Crippen LogP contribution in [-0.4, -0.2) is 11.2 Å². The summed E-state index contributed by atoms with van der Waals surface area (Å²) in [5.74, 6) is 2.30. The van der Waals surface area contributed by atoms with Gasteiger partial charge in [0, 0.05) is 0 Å². The van der Waals surface area contributed by atoms with Gasteiger partial charge in [-0.15, -0.1) is 0 Å². The Bertz CT molecular complexity index is 720. The average molecular weight is 399 g/mol. The summed E-state index contributed by atoms with van der Waals surface area (Å²) in [5.41, 5.74) is 3.74. The second kappa shape index (κ2) is 6.14. The molecule has 0 bridgehead atoms. The molecule has 8 atom stereocenters. The smallest absolute Gasteiger partial charge is 0.0594 e. The van der Waals surface area contributed by atoms with Gasteiger partial charge in [0.1, 0.15) is 0 Å². The fourth-order valence-electron chi connectivity index (χ4n) is 10.3. The van der Waals surface area contributed by atoms with E-state index < -0.39 is 0 Å². The lowest BCUT2D eigenvalue weighted by Gasteiger charge is -2.71. The van der Waals surface area contributed by atoms with Crippen molar-refractivity contribution in [2.45, 2.75) is 118 Å². The predicted molar refractivity (Wildman–Crippen MR) is 122 cm³/mol. The summed E-state index contributed by atoms with van der Waals surface area (Å²) in [6, 6.07) is 0. The number of rotatable bonds is 0. The Morgan fingerprint density at radius 3 is 2.31 bits per heavy atom. The van der Waals surface area contributed by atoms with E-state index in [1.807, 2.05) is 5.57 Å². The zero-order valence-electron chi connectivity index (χ0n) is 20.1. The van der Waals surface area contributed by atoms with E-state index >= 15 is 0 Å². The number of fused-ring (bicyclic) bond motifs is 7. The number of aliphatic hydroxyl groups is 1. The van der Waals surface area contributed by atoms with Gasteiger partial charge in [-0.3, -0.25) is 0 Å². The molecule has 5 rings (SSSR count). The van der Waals surface area contributed by atoms with Crippen molar-refractivity contribution >= 4 is 0 Å². The molecule has 4 saturated carbocycles. The van der Waals surface area contributed by atoms with Crippen LogP contribution in [0.1, 0.15) is 112 Å². The van der Waals surface area contributed by atoms with E-state index in [9.17, 15) is 5.11 Å². The highest BCUT2D eigenvalue weighted by Crippen LogP contribution is 2.75. The molecular weight excluding hydrogens is 352 g/mol. The van der Waals surface area contributed by atoms with E-state index in [2.05, 4.69) is 47.6 Å². The number of hydrogen-bond acceptors (Lipinski definition) is 1. The second-order valence-electron chi connectivity index (χ2n) is 13.6. The van der Waals surface area contributed by atoms with Crippen LogP contribution >= 0.6 is 0 Å². The number of aliphatic hydroxyl groups excluding tert-OH is 1. The summed E-state index contributed by atoms with van der Waals surface area (Å²) < 4.78 is 0. The third kappa shape index (κ3) is 2.43. The summed E-state index contributed by atoms with van der Waals surface area (Å²) in [4.78, 5) is 0. The van der Waals surface area contributed by atoms with Gasteiger partial charge in [0.15, 0.2) is 0 Å². The summed E-state index contributed by atoms with van der Waals surface area (Å²) in [6.07, 6.45) is 17.5. The normalized spacial score (nSPS) is 56.3. The van der Waals surface area contributed by atoms with Gasteiger partial charge < -0.3 is 5.11 Å². The standard InChI is InChI=1S/C28H46O/c1-24(2)21-12-16-28(6)22(26(21,4)15-13-23(24)29)11-10-20-19-9-7-8-14-25(19,3)17-18-27(20,28)5/h10,19,21-23,29H,7-9,11-18H2,1-6H3/t19-,21-,22+,23-,25+,26-,27+,28+/m0/s1. The van der Waals surface area contributed by atoms with E-state index in [1.165, 1.54) is 64.2 Å². The van der Waals surface area contributed by atoms with Crippen molar-refractivity contribution in [1.82, 2.24) is 0 Å². The van der Waals surface area contributed by atoms with Crippen LogP contribution in [0.15, 0.2) is 11.6 Å². The van der Waals surface area contributed by atoms with Crippen molar-refractivity contribution in [1.29, 1.82) is 0 Å². The molecule has 0 aromatic rings. The Morgan fingerprint density at radius 2 is 1.55 bits per heavy atom. The minimum atomic E-state index is -0.118. The lowest BCUT2D eigenvalue weighted by atomic mass is 9.34. The highest BCUT2D eigenvalue weighted by Gasteiger charge is 2.67. The molecule has 0 radical (unpaired) electrons. The van der Waals surface area contributed by atoms with E-state index in [4.69, 9.17) is 0 Å². The highest BCUT2D eigenvalue weighted by atomic mass is 16.3. The van der Waals surface area contributed by atoms with Crippen LogP contribution in [0, 0.1) is 44.8 Å². The van der Waals surface area contributed by atoms with Crippen molar-refractivity contribution in [3.05, 3.63) is 11.6 Å². The molecule has 0 aliphatic heterocycles. The van der Waals surface area contributed by atoms with Crippen LogP contribution < -0.4 is 0 Å². The lowest BCUT2D eigenvalue weighted by Crippen LogP contribution is -2.64. The van der Waals surface area contributed by atoms with Crippen LogP contribution in [0.2, 0.25) is 0 Å². The molecule has 0 spiro atoms. The maximum atomic E-state index is 10.8. The molecule has 0 aromatic carbocycles. The monoisotopic (exact) mass is 398 g/mol.